The number of hydrogen-bond acceptors (Lipinski definition) is 6. The fourth-order valence-corrected chi connectivity index (χ4v) is 6.02. The second-order valence-corrected chi connectivity index (χ2v) is 9.91. The van der Waals surface area contributed by atoms with Crippen LogP contribution in [0.2, 0.25) is 0 Å². The smallest absolute Gasteiger partial charge is 0.251 e. The van der Waals surface area contributed by atoms with Crippen molar-refractivity contribution >= 4 is 39.9 Å². The van der Waals surface area contributed by atoms with Crippen LogP contribution in [0.1, 0.15) is 45.5 Å². The molecule has 1 unspecified atom stereocenters. The van der Waals surface area contributed by atoms with Crippen molar-refractivity contribution in [1.82, 2.24) is 14.8 Å². The summed E-state index contributed by atoms with van der Waals surface area (Å²) in [6, 6.07) is 10.1. The first kappa shape index (κ1) is 21.6. The van der Waals surface area contributed by atoms with Crippen LogP contribution in [0.5, 0.6) is 0 Å². The number of fused-ring (bicyclic) bond motifs is 1. The molecule has 1 aliphatic rings. The van der Waals surface area contributed by atoms with E-state index in [-0.39, 0.29) is 11.7 Å². The monoisotopic (exact) mass is 455 g/mol. The van der Waals surface area contributed by atoms with E-state index in [1.54, 1.807) is 0 Å². The average Bonchev–Trinajstić information content (AvgIpc) is 3.26. The molecule has 7 nitrogen and oxygen atoms in total. The second-order valence-electron chi connectivity index (χ2n) is 7.86. The number of anilines is 1. The largest absolute Gasteiger partial charge is 0.365 e. The number of carbonyl (C=O) groups is 2. The van der Waals surface area contributed by atoms with Crippen LogP contribution >= 0.6 is 23.1 Å². The number of aromatic nitrogens is 3. The van der Waals surface area contributed by atoms with Crippen molar-refractivity contribution in [2.24, 2.45) is 11.7 Å². The van der Waals surface area contributed by atoms with E-state index in [0.29, 0.717) is 28.2 Å². The molecule has 0 bridgehead atoms. The highest BCUT2D eigenvalue weighted by atomic mass is 32.2. The van der Waals surface area contributed by atoms with Crippen molar-refractivity contribution in [1.29, 1.82) is 0 Å². The zero-order valence-corrected chi connectivity index (χ0v) is 19.2. The number of nitrogens with zero attached hydrogens (tertiary/aromatic N) is 3. The van der Waals surface area contributed by atoms with Gasteiger partial charge in [-0.2, -0.15) is 0 Å². The molecular formula is C22H25N5O2S2. The maximum Gasteiger partial charge on any atom is 0.251 e. The molecule has 1 aromatic carbocycles. The van der Waals surface area contributed by atoms with Gasteiger partial charge in [-0.15, -0.1) is 21.5 Å². The van der Waals surface area contributed by atoms with Crippen molar-refractivity contribution in [3.05, 3.63) is 57.7 Å². The van der Waals surface area contributed by atoms with Gasteiger partial charge in [0.25, 0.3) is 5.91 Å². The maximum atomic E-state index is 12.7. The molecule has 4 rings (SSSR count). The zero-order chi connectivity index (χ0) is 22.0. The minimum absolute atomic E-state index is 0.171. The first-order chi connectivity index (χ1) is 14.9. The van der Waals surface area contributed by atoms with Gasteiger partial charge < -0.3 is 15.6 Å². The third-order valence-corrected chi connectivity index (χ3v) is 7.57. The van der Waals surface area contributed by atoms with Gasteiger partial charge >= 0.3 is 0 Å². The Balaban J connectivity index is 1.45. The van der Waals surface area contributed by atoms with Crippen LogP contribution in [-0.4, -0.2) is 32.3 Å². The standard InChI is InChI=1S/C22H25N5O2S2/c1-13-8-9-16-17(10-13)31-21(19(16)20(23)29)24-18(28)12-30-22-26-25-14(2)27(22)11-15-6-4-3-5-7-15/h3-7,13H,8-12H2,1-2H3,(H2,23,29)(H,24,28). The summed E-state index contributed by atoms with van der Waals surface area (Å²) < 4.78 is 1.99. The molecule has 2 aromatic heterocycles. The molecule has 2 amide bonds. The maximum absolute atomic E-state index is 12.7. The Morgan fingerprint density at radius 1 is 1.29 bits per heavy atom. The molecule has 2 heterocycles. The second kappa shape index (κ2) is 9.23. The molecule has 3 aromatic rings. The topological polar surface area (TPSA) is 103 Å². The molecule has 0 fully saturated rings. The Hall–Kier alpha value is -2.65. The lowest BCUT2D eigenvalue weighted by Crippen LogP contribution is -2.20. The van der Waals surface area contributed by atoms with E-state index in [1.165, 1.54) is 23.1 Å². The van der Waals surface area contributed by atoms with E-state index in [0.717, 1.165) is 41.1 Å². The van der Waals surface area contributed by atoms with Crippen LogP contribution < -0.4 is 11.1 Å². The van der Waals surface area contributed by atoms with Crippen LogP contribution in [0.25, 0.3) is 0 Å². The Morgan fingerprint density at radius 2 is 2.06 bits per heavy atom. The SMILES string of the molecule is Cc1nnc(SCC(=O)Nc2sc3c(c2C(N)=O)CCC(C)C3)n1Cc1ccccc1. The van der Waals surface area contributed by atoms with Gasteiger partial charge in [-0.25, -0.2) is 0 Å². The fraction of sp³-hybridized carbons (Fsp3) is 0.364. The Bertz CT molecular complexity index is 1110. The van der Waals surface area contributed by atoms with E-state index in [9.17, 15) is 9.59 Å². The Labute approximate surface area is 189 Å². The normalized spacial score (nSPS) is 15.5. The molecule has 1 atom stereocenters. The minimum Gasteiger partial charge on any atom is -0.365 e. The van der Waals surface area contributed by atoms with E-state index in [2.05, 4.69) is 22.4 Å². The lowest BCUT2D eigenvalue weighted by Gasteiger charge is -2.18. The molecule has 0 saturated heterocycles. The fourth-order valence-electron chi connectivity index (χ4n) is 3.81. The molecule has 0 saturated carbocycles. The molecule has 0 aliphatic heterocycles. The van der Waals surface area contributed by atoms with E-state index < -0.39 is 5.91 Å². The third kappa shape index (κ3) is 4.83. The lowest BCUT2D eigenvalue weighted by molar-refractivity contribution is -0.113. The van der Waals surface area contributed by atoms with Crippen molar-refractivity contribution in [3.63, 3.8) is 0 Å². The average molecular weight is 456 g/mol. The number of amides is 2. The van der Waals surface area contributed by atoms with Crippen LogP contribution in [0.15, 0.2) is 35.5 Å². The first-order valence-corrected chi connectivity index (χ1v) is 12.0. The summed E-state index contributed by atoms with van der Waals surface area (Å²) in [5.74, 6) is 0.872. The number of carbonyl (C=O) groups excluding carboxylic acids is 2. The van der Waals surface area contributed by atoms with Gasteiger partial charge in [0, 0.05) is 4.88 Å². The van der Waals surface area contributed by atoms with Crippen LogP contribution in [-0.2, 0) is 24.2 Å². The Morgan fingerprint density at radius 3 is 2.81 bits per heavy atom. The molecule has 31 heavy (non-hydrogen) atoms. The summed E-state index contributed by atoms with van der Waals surface area (Å²) in [6.45, 7) is 4.75. The molecule has 9 heteroatoms. The van der Waals surface area contributed by atoms with E-state index in [4.69, 9.17) is 5.73 Å². The molecule has 162 valence electrons. The van der Waals surface area contributed by atoms with Gasteiger partial charge in [0.1, 0.15) is 10.8 Å². The number of thioether (sulfide) groups is 1. The summed E-state index contributed by atoms with van der Waals surface area (Å²) in [6.07, 6.45) is 2.79. The molecular weight excluding hydrogens is 430 g/mol. The predicted octanol–water partition coefficient (Wildman–Crippen LogP) is 3.65. The minimum atomic E-state index is -0.478. The predicted molar refractivity (Wildman–Crippen MR) is 124 cm³/mol. The van der Waals surface area contributed by atoms with Gasteiger partial charge in [0.15, 0.2) is 5.16 Å². The third-order valence-electron chi connectivity index (χ3n) is 5.43. The summed E-state index contributed by atoms with van der Waals surface area (Å²) in [4.78, 5) is 25.9. The van der Waals surface area contributed by atoms with Gasteiger partial charge in [0.05, 0.1) is 17.9 Å². The van der Waals surface area contributed by atoms with Gasteiger partial charge in [-0.3, -0.25) is 9.59 Å². The molecule has 1 aliphatic carbocycles. The van der Waals surface area contributed by atoms with Crippen LogP contribution in [0.4, 0.5) is 5.00 Å². The number of benzene rings is 1. The van der Waals surface area contributed by atoms with Gasteiger partial charge in [0.2, 0.25) is 5.91 Å². The van der Waals surface area contributed by atoms with Crippen molar-refractivity contribution in [2.45, 2.75) is 44.8 Å². The summed E-state index contributed by atoms with van der Waals surface area (Å²) in [7, 11) is 0. The number of rotatable bonds is 7. The number of thiophene rings is 1. The molecule has 0 spiro atoms. The van der Waals surface area contributed by atoms with Crippen molar-refractivity contribution < 1.29 is 9.59 Å². The summed E-state index contributed by atoms with van der Waals surface area (Å²) >= 11 is 2.81. The first-order valence-electron chi connectivity index (χ1n) is 10.2. The molecule has 3 N–H and O–H groups in total. The van der Waals surface area contributed by atoms with E-state index >= 15 is 0 Å². The summed E-state index contributed by atoms with van der Waals surface area (Å²) in [5.41, 5.74) is 8.27. The Kier molecular flexibility index (Phi) is 6.43. The van der Waals surface area contributed by atoms with Crippen LogP contribution in [0.3, 0.4) is 0 Å². The zero-order valence-electron chi connectivity index (χ0n) is 17.6. The number of nitrogens with two attached hydrogens (primary N) is 1. The number of hydrogen-bond donors (Lipinski definition) is 2. The number of aryl methyl sites for hydroxylation is 1. The highest BCUT2D eigenvalue weighted by molar-refractivity contribution is 7.99. The van der Waals surface area contributed by atoms with Gasteiger partial charge in [-0.1, -0.05) is 49.0 Å². The quantitative estimate of drug-likeness (QED) is 0.530. The highest BCUT2D eigenvalue weighted by Gasteiger charge is 2.27. The van der Waals surface area contributed by atoms with E-state index in [1.807, 2.05) is 41.8 Å². The molecule has 0 radical (unpaired) electrons. The van der Waals surface area contributed by atoms with Crippen LogP contribution in [0, 0.1) is 12.8 Å². The number of primary amides is 1. The van der Waals surface area contributed by atoms with Gasteiger partial charge in [-0.05, 0) is 43.2 Å². The van der Waals surface area contributed by atoms with Crippen molar-refractivity contribution in [2.75, 3.05) is 11.1 Å². The highest BCUT2D eigenvalue weighted by Crippen LogP contribution is 2.39. The summed E-state index contributed by atoms with van der Waals surface area (Å²) in [5, 5.41) is 12.6. The number of nitrogens with one attached hydrogen (secondary N) is 1. The lowest BCUT2D eigenvalue weighted by atomic mass is 9.88. The van der Waals surface area contributed by atoms with Crippen molar-refractivity contribution in [3.8, 4) is 0 Å².